The van der Waals surface area contributed by atoms with Crippen LogP contribution in [0.3, 0.4) is 0 Å². The Bertz CT molecular complexity index is 1100. The van der Waals surface area contributed by atoms with Crippen molar-refractivity contribution in [3.05, 3.63) is 96.2 Å². The van der Waals surface area contributed by atoms with E-state index in [9.17, 15) is 4.79 Å². The van der Waals surface area contributed by atoms with E-state index in [1.807, 2.05) is 72.8 Å². The minimum atomic E-state index is -0.173. The van der Waals surface area contributed by atoms with Gasteiger partial charge in [0.25, 0.3) is 5.91 Å². The van der Waals surface area contributed by atoms with E-state index in [1.54, 1.807) is 19.4 Å². The van der Waals surface area contributed by atoms with Gasteiger partial charge >= 0.3 is 0 Å². The second-order valence-corrected chi connectivity index (χ2v) is 6.47. The summed E-state index contributed by atoms with van der Waals surface area (Å²) in [6, 6.07) is 24.6. The van der Waals surface area contributed by atoms with Crippen molar-refractivity contribution in [1.29, 1.82) is 0 Å². The molecule has 3 aromatic carbocycles. The molecule has 0 saturated heterocycles. The summed E-state index contributed by atoms with van der Waals surface area (Å²) >= 11 is 0. The SMILES string of the molecule is COc1ccc(-c2cnc(-c3ccccc3C(=O)NCc3ccccc3)o2)cc1. The third kappa shape index (κ3) is 4.19. The zero-order chi connectivity index (χ0) is 20.1. The zero-order valence-corrected chi connectivity index (χ0v) is 16.0. The van der Waals surface area contributed by atoms with Crippen molar-refractivity contribution in [2.75, 3.05) is 7.11 Å². The molecule has 0 fully saturated rings. The van der Waals surface area contributed by atoms with Gasteiger partial charge in [0, 0.05) is 17.7 Å². The number of benzene rings is 3. The first-order valence-corrected chi connectivity index (χ1v) is 9.26. The summed E-state index contributed by atoms with van der Waals surface area (Å²) in [5.74, 6) is 1.63. The molecular formula is C24H20N2O3. The van der Waals surface area contributed by atoms with Crippen LogP contribution in [0.2, 0.25) is 0 Å². The van der Waals surface area contributed by atoms with Crippen LogP contribution in [0, 0.1) is 0 Å². The summed E-state index contributed by atoms with van der Waals surface area (Å²) in [6.07, 6.45) is 1.66. The van der Waals surface area contributed by atoms with E-state index < -0.39 is 0 Å². The third-order valence-electron chi connectivity index (χ3n) is 4.58. The van der Waals surface area contributed by atoms with Crippen molar-refractivity contribution >= 4 is 5.91 Å². The average molecular weight is 384 g/mol. The van der Waals surface area contributed by atoms with Crippen LogP contribution in [0.5, 0.6) is 5.75 Å². The van der Waals surface area contributed by atoms with E-state index in [4.69, 9.17) is 9.15 Å². The van der Waals surface area contributed by atoms with Crippen LogP contribution in [0.15, 0.2) is 89.5 Å². The van der Waals surface area contributed by atoms with Crippen molar-refractivity contribution in [3.8, 4) is 28.5 Å². The first-order chi connectivity index (χ1) is 14.2. The highest BCUT2D eigenvalue weighted by molar-refractivity contribution is 6.00. The van der Waals surface area contributed by atoms with E-state index in [0.717, 1.165) is 16.9 Å². The summed E-state index contributed by atoms with van der Waals surface area (Å²) < 4.78 is 11.1. The first-order valence-electron chi connectivity index (χ1n) is 9.26. The Morgan fingerprint density at radius 3 is 2.45 bits per heavy atom. The maximum atomic E-state index is 12.8. The minimum Gasteiger partial charge on any atom is -0.497 e. The number of oxazole rings is 1. The lowest BCUT2D eigenvalue weighted by Crippen LogP contribution is -2.23. The summed E-state index contributed by atoms with van der Waals surface area (Å²) in [5, 5.41) is 2.95. The molecule has 1 aromatic heterocycles. The second-order valence-electron chi connectivity index (χ2n) is 6.47. The van der Waals surface area contributed by atoms with E-state index >= 15 is 0 Å². The molecule has 0 radical (unpaired) electrons. The van der Waals surface area contributed by atoms with Crippen LogP contribution < -0.4 is 10.1 Å². The largest absolute Gasteiger partial charge is 0.497 e. The first kappa shape index (κ1) is 18.5. The number of carbonyl (C=O) groups is 1. The molecule has 0 aliphatic carbocycles. The molecule has 0 atom stereocenters. The molecule has 144 valence electrons. The highest BCUT2D eigenvalue weighted by Crippen LogP contribution is 2.29. The van der Waals surface area contributed by atoms with Crippen LogP contribution in [-0.4, -0.2) is 18.0 Å². The monoisotopic (exact) mass is 384 g/mol. The molecule has 0 aliphatic heterocycles. The van der Waals surface area contributed by atoms with Gasteiger partial charge in [-0.05, 0) is 42.0 Å². The summed E-state index contributed by atoms with van der Waals surface area (Å²) in [6.45, 7) is 0.455. The van der Waals surface area contributed by atoms with Crippen LogP contribution >= 0.6 is 0 Å². The van der Waals surface area contributed by atoms with Gasteiger partial charge in [-0.25, -0.2) is 4.98 Å². The lowest BCUT2D eigenvalue weighted by atomic mass is 10.1. The molecule has 0 spiro atoms. The number of ether oxygens (including phenoxy) is 1. The fourth-order valence-electron chi connectivity index (χ4n) is 3.03. The quantitative estimate of drug-likeness (QED) is 0.511. The van der Waals surface area contributed by atoms with E-state index in [1.165, 1.54) is 0 Å². The van der Waals surface area contributed by atoms with Gasteiger partial charge in [-0.2, -0.15) is 0 Å². The molecule has 1 N–H and O–H groups in total. The Morgan fingerprint density at radius 1 is 0.966 bits per heavy atom. The number of rotatable bonds is 6. The average Bonchev–Trinajstić information content (AvgIpc) is 3.28. The standard InChI is InChI=1S/C24H20N2O3/c1-28-19-13-11-18(12-14-19)22-16-26-24(29-22)21-10-6-5-9-20(21)23(27)25-15-17-7-3-2-4-8-17/h2-14,16H,15H2,1H3,(H,25,27). The van der Waals surface area contributed by atoms with Gasteiger partial charge < -0.3 is 14.5 Å². The van der Waals surface area contributed by atoms with Crippen molar-refractivity contribution in [3.63, 3.8) is 0 Å². The predicted octanol–water partition coefficient (Wildman–Crippen LogP) is 4.95. The minimum absolute atomic E-state index is 0.173. The second kappa shape index (κ2) is 8.44. The number of carbonyl (C=O) groups excluding carboxylic acids is 1. The van der Waals surface area contributed by atoms with Gasteiger partial charge in [-0.15, -0.1) is 0 Å². The topological polar surface area (TPSA) is 64.4 Å². The summed E-state index contributed by atoms with van der Waals surface area (Å²) in [7, 11) is 1.63. The number of nitrogens with one attached hydrogen (secondary N) is 1. The van der Waals surface area contributed by atoms with Gasteiger partial charge in [-0.3, -0.25) is 4.79 Å². The Hall–Kier alpha value is -3.86. The fraction of sp³-hybridized carbons (Fsp3) is 0.0833. The highest BCUT2D eigenvalue weighted by Gasteiger charge is 2.16. The Balaban J connectivity index is 1.56. The van der Waals surface area contributed by atoms with Crippen LogP contribution in [0.1, 0.15) is 15.9 Å². The van der Waals surface area contributed by atoms with Crippen molar-refractivity contribution < 1.29 is 13.9 Å². The molecule has 5 heteroatoms. The molecule has 1 heterocycles. The van der Waals surface area contributed by atoms with E-state index in [2.05, 4.69) is 10.3 Å². The lowest BCUT2D eigenvalue weighted by molar-refractivity contribution is 0.0951. The molecular weight excluding hydrogens is 364 g/mol. The molecule has 4 aromatic rings. The van der Waals surface area contributed by atoms with Crippen molar-refractivity contribution in [2.45, 2.75) is 6.54 Å². The van der Waals surface area contributed by atoms with Crippen LogP contribution in [0.25, 0.3) is 22.8 Å². The Morgan fingerprint density at radius 2 is 1.69 bits per heavy atom. The molecule has 0 aliphatic rings. The molecule has 0 unspecified atom stereocenters. The normalized spacial score (nSPS) is 10.5. The predicted molar refractivity (Wildman–Crippen MR) is 112 cm³/mol. The zero-order valence-electron chi connectivity index (χ0n) is 16.0. The van der Waals surface area contributed by atoms with Crippen LogP contribution in [-0.2, 0) is 6.54 Å². The van der Waals surface area contributed by atoms with E-state index in [0.29, 0.717) is 29.3 Å². The molecule has 4 rings (SSSR count). The van der Waals surface area contributed by atoms with Gasteiger partial charge in [0.1, 0.15) is 5.75 Å². The smallest absolute Gasteiger partial charge is 0.252 e. The number of nitrogens with zero attached hydrogens (tertiary/aromatic N) is 1. The number of hydrogen-bond acceptors (Lipinski definition) is 4. The number of methoxy groups -OCH3 is 1. The van der Waals surface area contributed by atoms with Crippen LogP contribution in [0.4, 0.5) is 0 Å². The number of aromatic nitrogens is 1. The molecule has 29 heavy (non-hydrogen) atoms. The maximum absolute atomic E-state index is 12.8. The number of hydrogen-bond donors (Lipinski definition) is 1. The maximum Gasteiger partial charge on any atom is 0.252 e. The molecule has 5 nitrogen and oxygen atoms in total. The van der Waals surface area contributed by atoms with Gasteiger partial charge in [-0.1, -0.05) is 42.5 Å². The van der Waals surface area contributed by atoms with Crippen molar-refractivity contribution in [2.24, 2.45) is 0 Å². The summed E-state index contributed by atoms with van der Waals surface area (Å²) in [4.78, 5) is 17.2. The highest BCUT2D eigenvalue weighted by atomic mass is 16.5. The lowest BCUT2D eigenvalue weighted by Gasteiger charge is -2.08. The van der Waals surface area contributed by atoms with Gasteiger partial charge in [0.2, 0.25) is 5.89 Å². The number of amides is 1. The Kier molecular flexibility index (Phi) is 5.38. The van der Waals surface area contributed by atoms with Gasteiger partial charge in [0.05, 0.1) is 18.9 Å². The van der Waals surface area contributed by atoms with E-state index in [-0.39, 0.29) is 5.91 Å². The molecule has 0 saturated carbocycles. The summed E-state index contributed by atoms with van der Waals surface area (Å²) in [5.41, 5.74) is 3.09. The molecule has 0 bridgehead atoms. The fourth-order valence-corrected chi connectivity index (χ4v) is 3.03. The molecule has 1 amide bonds. The van der Waals surface area contributed by atoms with Gasteiger partial charge in [0.15, 0.2) is 5.76 Å². The van der Waals surface area contributed by atoms with Crippen molar-refractivity contribution in [1.82, 2.24) is 10.3 Å². The third-order valence-corrected chi connectivity index (χ3v) is 4.58. The Labute approximate surface area is 169 Å².